The van der Waals surface area contributed by atoms with Crippen LogP contribution in [0.15, 0.2) is 18.2 Å². The van der Waals surface area contributed by atoms with Gasteiger partial charge in [-0.15, -0.1) is 0 Å². The van der Waals surface area contributed by atoms with E-state index in [2.05, 4.69) is 5.32 Å². The number of halogens is 1. The lowest BCUT2D eigenvalue weighted by atomic mass is 10.3. The summed E-state index contributed by atoms with van der Waals surface area (Å²) in [5, 5.41) is 2.75. The first-order valence-electron chi connectivity index (χ1n) is 3.21. The van der Waals surface area contributed by atoms with Gasteiger partial charge >= 0.3 is 6.03 Å². The van der Waals surface area contributed by atoms with Crippen LogP contribution in [0.3, 0.4) is 0 Å². The lowest BCUT2D eigenvalue weighted by Gasteiger charge is -2.04. The van der Waals surface area contributed by atoms with E-state index in [1.54, 1.807) is 12.1 Å². The molecule has 0 spiro atoms. The van der Waals surface area contributed by atoms with E-state index in [1.807, 2.05) is 0 Å². The second-order valence-electron chi connectivity index (χ2n) is 2.23. The maximum Gasteiger partial charge on any atom is 0.316 e. The molecule has 0 heterocycles. The lowest BCUT2D eigenvalue weighted by Crippen LogP contribution is -2.19. The van der Waals surface area contributed by atoms with Crippen molar-refractivity contribution in [2.45, 2.75) is 0 Å². The molecule has 1 aromatic rings. The molecule has 4 nitrogen and oxygen atoms in total. The number of carbonyl (C=O) groups is 1. The minimum Gasteiger partial charge on any atom is -0.399 e. The number of nitrogen functional groups attached to an aromatic ring is 1. The van der Waals surface area contributed by atoms with Gasteiger partial charge in [0.05, 0.1) is 10.7 Å². The van der Waals surface area contributed by atoms with Crippen molar-refractivity contribution >= 4 is 29.0 Å². The summed E-state index contributed by atoms with van der Waals surface area (Å²) >= 11 is 5.71. The summed E-state index contributed by atoms with van der Waals surface area (Å²) in [7, 11) is 0. The first kappa shape index (κ1) is 8.67. The number of nitrogens with one attached hydrogen (secondary N) is 1. The summed E-state index contributed by atoms with van der Waals surface area (Å²) in [6, 6.07) is 4.09. The number of urea groups is 1. The molecule has 0 radical (unpaired) electrons. The van der Waals surface area contributed by atoms with Crippen LogP contribution in [0.5, 0.6) is 0 Å². The molecule has 0 fully saturated rings. The van der Waals surface area contributed by atoms with Crippen molar-refractivity contribution in [2.75, 3.05) is 11.1 Å². The van der Waals surface area contributed by atoms with Crippen molar-refractivity contribution in [2.24, 2.45) is 5.73 Å². The number of rotatable bonds is 1. The second-order valence-corrected chi connectivity index (χ2v) is 2.64. The van der Waals surface area contributed by atoms with Crippen molar-refractivity contribution in [3.05, 3.63) is 23.2 Å². The lowest BCUT2D eigenvalue weighted by molar-refractivity contribution is 0.259. The highest BCUT2D eigenvalue weighted by atomic mass is 35.5. The average molecular weight is 186 g/mol. The standard InChI is InChI=1S/C7H8ClN3O/c8-5-2-1-4(9)3-6(5)11-7(10)12/h1-3H,9H2,(H3,10,11,12). The van der Waals surface area contributed by atoms with Crippen LogP contribution in [0.4, 0.5) is 16.2 Å². The Bertz CT molecular complexity index is 314. The van der Waals surface area contributed by atoms with Gasteiger partial charge in [0.2, 0.25) is 0 Å². The first-order valence-corrected chi connectivity index (χ1v) is 3.59. The van der Waals surface area contributed by atoms with Gasteiger partial charge in [0, 0.05) is 5.69 Å². The molecule has 2 amide bonds. The molecule has 0 bridgehead atoms. The summed E-state index contributed by atoms with van der Waals surface area (Å²) in [4.78, 5) is 10.4. The Morgan fingerprint density at radius 2 is 2.17 bits per heavy atom. The molecule has 64 valence electrons. The Morgan fingerprint density at radius 1 is 1.50 bits per heavy atom. The minimum absolute atomic E-state index is 0.406. The third-order valence-corrected chi connectivity index (χ3v) is 1.58. The third-order valence-electron chi connectivity index (χ3n) is 1.25. The average Bonchev–Trinajstić information content (AvgIpc) is 1.96. The third kappa shape index (κ3) is 2.03. The molecule has 1 aromatic carbocycles. The number of benzene rings is 1. The number of primary amides is 1. The fourth-order valence-corrected chi connectivity index (χ4v) is 0.936. The van der Waals surface area contributed by atoms with Crippen molar-refractivity contribution in [1.29, 1.82) is 0 Å². The summed E-state index contributed by atoms with van der Waals surface area (Å²) in [5.74, 6) is 0. The second kappa shape index (κ2) is 3.32. The smallest absolute Gasteiger partial charge is 0.316 e. The van der Waals surface area contributed by atoms with Crippen LogP contribution in [0.1, 0.15) is 0 Å². The van der Waals surface area contributed by atoms with E-state index in [-0.39, 0.29) is 0 Å². The fraction of sp³-hybridized carbons (Fsp3) is 0. The molecule has 0 saturated carbocycles. The number of hydrogen-bond acceptors (Lipinski definition) is 2. The van der Waals surface area contributed by atoms with E-state index in [1.165, 1.54) is 6.07 Å². The maximum atomic E-state index is 10.4. The van der Waals surface area contributed by atoms with Gasteiger partial charge in [-0.25, -0.2) is 4.79 Å². The Morgan fingerprint density at radius 3 is 2.75 bits per heavy atom. The Hall–Kier alpha value is -1.42. The predicted octanol–water partition coefficient (Wildman–Crippen LogP) is 1.41. The highest BCUT2D eigenvalue weighted by molar-refractivity contribution is 6.33. The van der Waals surface area contributed by atoms with E-state index in [4.69, 9.17) is 23.1 Å². The number of hydrogen-bond donors (Lipinski definition) is 3. The van der Waals surface area contributed by atoms with Crippen LogP contribution >= 0.6 is 11.6 Å². The van der Waals surface area contributed by atoms with Gasteiger partial charge in [-0.1, -0.05) is 11.6 Å². The van der Waals surface area contributed by atoms with E-state index >= 15 is 0 Å². The van der Waals surface area contributed by atoms with Gasteiger partial charge in [-0.3, -0.25) is 0 Å². The molecule has 0 aliphatic carbocycles. The molecule has 5 N–H and O–H groups in total. The van der Waals surface area contributed by atoms with Crippen molar-refractivity contribution in [3.8, 4) is 0 Å². The molecular weight excluding hydrogens is 178 g/mol. The van der Waals surface area contributed by atoms with Crippen LogP contribution < -0.4 is 16.8 Å². The Kier molecular flexibility index (Phi) is 2.40. The summed E-state index contributed by atoms with van der Waals surface area (Å²) in [6.45, 7) is 0. The molecule has 0 saturated heterocycles. The predicted molar refractivity (Wildman–Crippen MR) is 49.1 cm³/mol. The molecule has 5 heteroatoms. The van der Waals surface area contributed by atoms with Crippen molar-refractivity contribution < 1.29 is 4.79 Å². The Labute approximate surface area is 74.5 Å². The molecular formula is C7H8ClN3O. The number of nitrogens with two attached hydrogens (primary N) is 2. The summed E-state index contributed by atoms with van der Waals surface area (Å²) < 4.78 is 0. The highest BCUT2D eigenvalue weighted by Crippen LogP contribution is 2.23. The molecule has 1 rings (SSSR count). The first-order chi connectivity index (χ1) is 5.59. The quantitative estimate of drug-likeness (QED) is 0.579. The zero-order chi connectivity index (χ0) is 9.14. The van der Waals surface area contributed by atoms with Crippen LogP contribution in [0.2, 0.25) is 5.02 Å². The summed E-state index contributed by atoms with van der Waals surface area (Å²) in [6.07, 6.45) is 0. The molecule has 0 aromatic heterocycles. The van der Waals surface area contributed by atoms with E-state index in [0.29, 0.717) is 16.4 Å². The number of amides is 2. The van der Waals surface area contributed by atoms with E-state index < -0.39 is 6.03 Å². The molecule has 0 unspecified atom stereocenters. The van der Waals surface area contributed by atoms with Gasteiger partial charge in [0.25, 0.3) is 0 Å². The normalized spacial score (nSPS) is 9.42. The van der Waals surface area contributed by atoms with Gasteiger partial charge in [-0.2, -0.15) is 0 Å². The van der Waals surface area contributed by atoms with Crippen LogP contribution in [0, 0.1) is 0 Å². The maximum absolute atomic E-state index is 10.4. The van der Waals surface area contributed by atoms with Gasteiger partial charge in [0.1, 0.15) is 0 Å². The van der Waals surface area contributed by atoms with Crippen molar-refractivity contribution in [3.63, 3.8) is 0 Å². The topological polar surface area (TPSA) is 81.1 Å². The molecule has 0 atom stereocenters. The van der Waals surface area contributed by atoms with Gasteiger partial charge < -0.3 is 16.8 Å². The highest BCUT2D eigenvalue weighted by Gasteiger charge is 2.01. The SMILES string of the molecule is NC(=O)Nc1cc(N)ccc1Cl. The number of carbonyl (C=O) groups excluding carboxylic acids is 1. The minimum atomic E-state index is -0.664. The van der Waals surface area contributed by atoms with Gasteiger partial charge in [-0.05, 0) is 18.2 Å². The number of anilines is 2. The van der Waals surface area contributed by atoms with Crippen LogP contribution in [0.25, 0.3) is 0 Å². The molecule has 0 aliphatic heterocycles. The molecule has 0 aliphatic rings. The van der Waals surface area contributed by atoms with Gasteiger partial charge in [0.15, 0.2) is 0 Å². The van der Waals surface area contributed by atoms with E-state index in [9.17, 15) is 4.79 Å². The fourth-order valence-electron chi connectivity index (χ4n) is 0.771. The zero-order valence-corrected chi connectivity index (χ0v) is 6.93. The monoisotopic (exact) mass is 185 g/mol. The van der Waals surface area contributed by atoms with Crippen LogP contribution in [-0.2, 0) is 0 Å². The van der Waals surface area contributed by atoms with Crippen LogP contribution in [-0.4, -0.2) is 6.03 Å². The Balaban J connectivity index is 2.97. The zero-order valence-electron chi connectivity index (χ0n) is 6.17. The largest absolute Gasteiger partial charge is 0.399 e. The van der Waals surface area contributed by atoms with E-state index in [0.717, 1.165) is 0 Å². The van der Waals surface area contributed by atoms with Crippen molar-refractivity contribution in [1.82, 2.24) is 0 Å². The molecule has 12 heavy (non-hydrogen) atoms. The summed E-state index contributed by atoms with van der Waals surface area (Å²) in [5.41, 5.74) is 11.3.